The van der Waals surface area contributed by atoms with E-state index in [4.69, 9.17) is 0 Å². The normalized spacial score (nSPS) is 24.9. The molecule has 1 aliphatic carbocycles. The summed E-state index contributed by atoms with van der Waals surface area (Å²) in [5, 5.41) is 11.7. The zero-order valence-corrected chi connectivity index (χ0v) is 22.6. The SMILES string of the molecule is Cc1cccc([C@H]2CN([C@H](CC3CC3)C(=O)O)C[C@@H]2CN2CCC(CCC(F)(F)c3cccs3)CC2)c1. The van der Waals surface area contributed by atoms with Crippen LogP contribution in [0.2, 0.25) is 0 Å². The highest BCUT2D eigenvalue weighted by atomic mass is 32.1. The first-order valence-electron chi connectivity index (χ1n) is 14.0. The van der Waals surface area contributed by atoms with E-state index in [1.54, 1.807) is 17.5 Å². The second kappa shape index (κ2) is 11.5. The number of halogens is 2. The van der Waals surface area contributed by atoms with Crippen molar-refractivity contribution in [1.29, 1.82) is 0 Å². The molecule has 4 nitrogen and oxygen atoms in total. The van der Waals surface area contributed by atoms with Crippen LogP contribution in [0.25, 0.3) is 0 Å². The fraction of sp³-hybridized carbons (Fsp3) is 0.633. The van der Waals surface area contributed by atoms with E-state index in [0.29, 0.717) is 30.1 Å². The molecule has 7 heteroatoms. The molecular formula is C30H40F2N2O2S. The zero-order valence-electron chi connectivity index (χ0n) is 21.8. The Balaban J connectivity index is 1.19. The molecule has 1 aromatic heterocycles. The van der Waals surface area contributed by atoms with Gasteiger partial charge in [-0.3, -0.25) is 9.69 Å². The maximum Gasteiger partial charge on any atom is 0.320 e. The molecule has 3 heterocycles. The van der Waals surface area contributed by atoms with Gasteiger partial charge in [0.2, 0.25) is 0 Å². The molecule has 2 aromatic rings. The van der Waals surface area contributed by atoms with Crippen LogP contribution in [0.1, 0.15) is 66.9 Å². The minimum absolute atomic E-state index is 0.0667. The van der Waals surface area contributed by atoms with Gasteiger partial charge in [0.15, 0.2) is 0 Å². The maximum absolute atomic E-state index is 14.5. The van der Waals surface area contributed by atoms with Gasteiger partial charge in [0.05, 0.1) is 4.88 Å². The van der Waals surface area contributed by atoms with E-state index in [2.05, 4.69) is 41.0 Å². The van der Waals surface area contributed by atoms with Crippen LogP contribution in [0.3, 0.4) is 0 Å². The third-order valence-corrected chi connectivity index (χ3v) is 9.85. The Morgan fingerprint density at radius 2 is 1.89 bits per heavy atom. The maximum atomic E-state index is 14.5. The van der Waals surface area contributed by atoms with Gasteiger partial charge in [-0.2, -0.15) is 0 Å². The van der Waals surface area contributed by atoms with E-state index in [-0.39, 0.29) is 17.3 Å². The van der Waals surface area contributed by atoms with Crippen LogP contribution < -0.4 is 0 Å². The number of carboxylic acid groups (broad SMARTS) is 1. The van der Waals surface area contributed by atoms with E-state index in [0.717, 1.165) is 76.2 Å². The van der Waals surface area contributed by atoms with E-state index in [9.17, 15) is 18.7 Å². The predicted octanol–water partition coefficient (Wildman–Crippen LogP) is 6.61. The number of thiophene rings is 1. The lowest BCUT2D eigenvalue weighted by atomic mass is 9.86. The van der Waals surface area contributed by atoms with Crippen LogP contribution in [0.15, 0.2) is 41.8 Å². The number of carboxylic acids is 1. The molecule has 3 fully saturated rings. The molecule has 1 aromatic carbocycles. The summed E-state index contributed by atoms with van der Waals surface area (Å²) in [4.78, 5) is 17.1. The molecule has 2 aliphatic heterocycles. The highest BCUT2D eigenvalue weighted by Gasteiger charge is 2.42. The molecular weight excluding hydrogens is 490 g/mol. The Bertz CT molecular complexity index is 1030. The summed E-state index contributed by atoms with van der Waals surface area (Å²) in [6.07, 6.45) is 5.53. The van der Waals surface area contributed by atoms with Crippen molar-refractivity contribution in [3.05, 3.63) is 57.8 Å². The standard InChI is InChI=1S/C30H40F2N2O2S/c1-21-4-2-5-24(16-21)26-20-34(27(29(35)36)17-23-7-8-23)19-25(26)18-33-13-10-22(11-14-33)9-12-30(31,32)28-6-3-15-37-28/h2-6,15-16,22-23,25-27H,7-14,17-20H2,1H3,(H,35,36)/t25-,26+,27+/m0/s1. The monoisotopic (exact) mass is 530 g/mol. The van der Waals surface area contributed by atoms with Crippen molar-refractivity contribution in [1.82, 2.24) is 9.80 Å². The van der Waals surface area contributed by atoms with Gasteiger partial charge in [-0.1, -0.05) is 48.7 Å². The van der Waals surface area contributed by atoms with Crippen molar-refractivity contribution in [2.75, 3.05) is 32.7 Å². The third-order valence-electron chi connectivity index (χ3n) is 8.87. The average molecular weight is 531 g/mol. The Labute approximate surface area is 223 Å². The third kappa shape index (κ3) is 6.79. The summed E-state index contributed by atoms with van der Waals surface area (Å²) in [5.74, 6) is -1.78. The molecule has 0 amide bonds. The first-order valence-corrected chi connectivity index (χ1v) is 14.8. The van der Waals surface area contributed by atoms with Gasteiger partial charge in [0, 0.05) is 32.0 Å². The molecule has 0 bridgehead atoms. The second-order valence-electron chi connectivity index (χ2n) is 11.7. The fourth-order valence-corrected chi connectivity index (χ4v) is 7.22. The van der Waals surface area contributed by atoms with Crippen molar-refractivity contribution >= 4 is 17.3 Å². The van der Waals surface area contributed by atoms with Crippen LogP contribution >= 0.6 is 11.3 Å². The van der Waals surface area contributed by atoms with E-state index in [1.807, 2.05) is 0 Å². The molecule has 3 aliphatic rings. The summed E-state index contributed by atoms with van der Waals surface area (Å²) in [6, 6.07) is 11.5. The topological polar surface area (TPSA) is 43.8 Å². The van der Waals surface area contributed by atoms with Crippen LogP contribution in [0.5, 0.6) is 0 Å². The van der Waals surface area contributed by atoms with Gasteiger partial charge < -0.3 is 10.0 Å². The number of hydrogen-bond acceptors (Lipinski definition) is 4. The number of piperidine rings is 1. The lowest BCUT2D eigenvalue weighted by Gasteiger charge is -2.35. The van der Waals surface area contributed by atoms with Crippen molar-refractivity contribution in [2.24, 2.45) is 17.8 Å². The van der Waals surface area contributed by atoms with Crippen LogP contribution in [0.4, 0.5) is 8.78 Å². The Morgan fingerprint density at radius 1 is 1.11 bits per heavy atom. The summed E-state index contributed by atoms with van der Waals surface area (Å²) in [5.41, 5.74) is 2.55. The number of rotatable bonds is 11. The van der Waals surface area contributed by atoms with Gasteiger partial charge in [-0.05, 0) is 80.5 Å². The van der Waals surface area contributed by atoms with Crippen LogP contribution in [-0.4, -0.2) is 59.6 Å². The molecule has 3 atom stereocenters. The lowest BCUT2D eigenvalue weighted by molar-refractivity contribution is -0.143. The number of hydrogen-bond donors (Lipinski definition) is 1. The molecule has 37 heavy (non-hydrogen) atoms. The lowest BCUT2D eigenvalue weighted by Crippen LogP contribution is -2.42. The fourth-order valence-electron chi connectivity index (χ4n) is 6.48. The number of nitrogens with zero attached hydrogens (tertiary/aromatic N) is 2. The highest BCUT2D eigenvalue weighted by Crippen LogP contribution is 2.41. The predicted molar refractivity (Wildman–Crippen MR) is 144 cm³/mol. The molecule has 2 saturated heterocycles. The zero-order chi connectivity index (χ0) is 26.0. The van der Waals surface area contributed by atoms with Crippen molar-refractivity contribution < 1.29 is 18.7 Å². The van der Waals surface area contributed by atoms with E-state index >= 15 is 0 Å². The Hall–Kier alpha value is -1.83. The van der Waals surface area contributed by atoms with Crippen molar-refractivity contribution in [3.8, 4) is 0 Å². The van der Waals surface area contributed by atoms with Crippen molar-refractivity contribution in [3.63, 3.8) is 0 Å². The summed E-state index contributed by atoms with van der Waals surface area (Å²) in [6.45, 7) is 6.56. The molecule has 202 valence electrons. The van der Waals surface area contributed by atoms with Gasteiger partial charge in [0.1, 0.15) is 6.04 Å². The molecule has 5 rings (SSSR count). The minimum Gasteiger partial charge on any atom is -0.480 e. The first kappa shape index (κ1) is 26.8. The Morgan fingerprint density at radius 3 is 2.54 bits per heavy atom. The molecule has 1 saturated carbocycles. The van der Waals surface area contributed by atoms with Gasteiger partial charge >= 0.3 is 5.97 Å². The number of aryl methyl sites for hydroxylation is 1. The highest BCUT2D eigenvalue weighted by molar-refractivity contribution is 7.10. The van der Waals surface area contributed by atoms with Crippen LogP contribution in [0, 0.1) is 24.7 Å². The summed E-state index contributed by atoms with van der Waals surface area (Å²) >= 11 is 1.15. The van der Waals surface area contributed by atoms with Gasteiger partial charge in [-0.15, -0.1) is 11.3 Å². The first-order chi connectivity index (χ1) is 17.8. The average Bonchev–Trinajstić information content (AvgIpc) is 3.34. The molecule has 1 N–H and O–H groups in total. The van der Waals surface area contributed by atoms with Crippen molar-refractivity contribution in [2.45, 2.75) is 69.8 Å². The molecule has 0 radical (unpaired) electrons. The van der Waals surface area contributed by atoms with E-state index in [1.165, 1.54) is 11.1 Å². The van der Waals surface area contributed by atoms with E-state index < -0.39 is 11.9 Å². The Kier molecular flexibility index (Phi) is 8.32. The second-order valence-corrected chi connectivity index (χ2v) is 12.7. The minimum atomic E-state index is -2.72. The summed E-state index contributed by atoms with van der Waals surface area (Å²) < 4.78 is 29.0. The largest absolute Gasteiger partial charge is 0.480 e. The number of aliphatic carboxylic acids is 1. The number of alkyl halides is 2. The molecule has 0 spiro atoms. The summed E-state index contributed by atoms with van der Waals surface area (Å²) in [7, 11) is 0. The van der Waals surface area contributed by atoms with Gasteiger partial charge in [-0.25, -0.2) is 8.78 Å². The number of likely N-dealkylation sites (tertiary alicyclic amines) is 2. The smallest absolute Gasteiger partial charge is 0.320 e. The number of carbonyl (C=O) groups is 1. The number of benzene rings is 1. The quantitative estimate of drug-likeness (QED) is 0.355. The van der Waals surface area contributed by atoms with Gasteiger partial charge in [0.25, 0.3) is 5.92 Å². The van der Waals surface area contributed by atoms with Crippen LogP contribution in [-0.2, 0) is 10.7 Å². The molecule has 0 unspecified atom stereocenters.